The summed E-state index contributed by atoms with van der Waals surface area (Å²) in [6, 6.07) is 0. The van der Waals surface area contributed by atoms with Crippen molar-refractivity contribution in [2.24, 2.45) is 5.92 Å². The van der Waals surface area contributed by atoms with Gasteiger partial charge in [0.2, 0.25) is 0 Å². The van der Waals surface area contributed by atoms with E-state index in [-0.39, 0.29) is 11.3 Å². The summed E-state index contributed by atoms with van der Waals surface area (Å²) in [5.74, 6) is -0.0367. The number of alkyl halides is 4. The fourth-order valence-corrected chi connectivity index (χ4v) is 3.27. The van der Waals surface area contributed by atoms with Crippen LogP contribution in [0.1, 0.15) is 65.2 Å². The van der Waals surface area contributed by atoms with Crippen molar-refractivity contribution < 1.29 is 0 Å². The minimum absolute atomic E-state index is 0.0367. The van der Waals surface area contributed by atoms with Gasteiger partial charge < -0.3 is 0 Å². The largest absolute Gasteiger partial charge is 0.194 e. The van der Waals surface area contributed by atoms with Crippen LogP contribution < -0.4 is 0 Å². The van der Waals surface area contributed by atoms with Crippen LogP contribution in [0.5, 0.6) is 0 Å². The molecule has 0 heterocycles. The van der Waals surface area contributed by atoms with Gasteiger partial charge in [-0.2, -0.15) is 0 Å². The number of rotatable bonds is 9. The summed E-state index contributed by atoms with van der Waals surface area (Å²) >= 11 is 24.2. The van der Waals surface area contributed by atoms with E-state index in [0.29, 0.717) is 0 Å². The summed E-state index contributed by atoms with van der Waals surface area (Å²) < 4.78 is -1.23. The van der Waals surface area contributed by atoms with Crippen LogP contribution in [0.4, 0.5) is 0 Å². The van der Waals surface area contributed by atoms with E-state index >= 15 is 0 Å². The van der Waals surface area contributed by atoms with Gasteiger partial charge in [0.25, 0.3) is 0 Å². The predicted molar refractivity (Wildman–Crippen MR) is 81.7 cm³/mol. The highest BCUT2D eigenvalue weighted by atomic mass is 35.6. The van der Waals surface area contributed by atoms with Crippen LogP contribution in [-0.4, -0.2) is 9.17 Å². The normalized spacial score (nSPS) is 15.9. The zero-order valence-corrected chi connectivity index (χ0v) is 13.8. The van der Waals surface area contributed by atoms with Gasteiger partial charge in [-0.3, -0.25) is 0 Å². The van der Waals surface area contributed by atoms with E-state index < -0.39 is 3.79 Å². The van der Waals surface area contributed by atoms with E-state index in [1.54, 1.807) is 0 Å². The van der Waals surface area contributed by atoms with Gasteiger partial charge in [0.05, 0.1) is 0 Å². The third-order valence-corrected chi connectivity index (χ3v) is 4.57. The summed E-state index contributed by atoms with van der Waals surface area (Å²) in [4.78, 5) is 0. The first-order valence-electron chi connectivity index (χ1n) is 6.64. The van der Waals surface area contributed by atoms with Crippen LogP contribution in [0.25, 0.3) is 0 Å². The highest BCUT2D eigenvalue weighted by Gasteiger charge is 2.36. The van der Waals surface area contributed by atoms with Crippen molar-refractivity contribution in [2.45, 2.75) is 74.4 Å². The molecular weight excluding hydrogens is 298 g/mol. The molecule has 0 radical (unpaired) electrons. The molecular formula is C13H24Cl4. The second-order valence-corrected chi connectivity index (χ2v) is 7.56. The Morgan fingerprint density at radius 3 is 1.88 bits per heavy atom. The van der Waals surface area contributed by atoms with Gasteiger partial charge in [-0.25, -0.2) is 0 Å². The van der Waals surface area contributed by atoms with Crippen LogP contribution in [0, 0.1) is 5.92 Å². The first-order valence-corrected chi connectivity index (χ1v) is 8.21. The maximum absolute atomic E-state index is 6.23. The zero-order valence-electron chi connectivity index (χ0n) is 10.8. The molecule has 17 heavy (non-hydrogen) atoms. The molecule has 0 aliphatic carbocycles. The minimum atomic E-state index is -1.23. The Bertz CT molecular complexity index is 177. The maximum Gasteiger partial charge on any atom is 0.194 e. The summed E-state index contributed by atoms with van der Waals surface area (Å²) in [6.45, 7) is 4.25. The average Bonchev–Trinajstić information content (AvgIpc) is 2.25. The van der Waals surface area contributed by atoms with Crippen LogP contribution in [-0.2, 0) is 0 Å². The van der Waals surface area contributed by atoms with Crippen molar-refractivity contribution in [2.75, 3.05) is 0 Å². The zero-order chi connectivity index (χ0) is 13.3. The van der Waals surface area contributed by atoms with Gasteiger partial charge in [0.15, 0.2) is 3.79 Å². The molecule has 0 amide bonds. The summed E-state index contributed by atoms with van der Waals surface area (Å²) in [5, 5.41) is -0.0434. The second-order valence-electron chi connectivity index (χ2n) is 4.63. The summed E-state index contributed by atoms with van der Waals surface area (Å²) in [6.07, 6.45) is 9.25. The number of hydrogen-bond acceptors (Lipinski definition) is 0. The standard InChI is InChI=1S/C13H24Cl4/c1-3-5-6-7-8-9-10-11(12(14)4-2)13(15,16)17/h11-12H,3-10H2,1-2H3. The number of hydrogen-bond donors (Lipinski definition) is 0. The van der Waals surface area contributed by atoms with Crippen molar-refractivity contribution in [3.05, 3.63) is 0 Å². The van der Waals surface area contributed by atoms with E-state index in [2.05, 4.69) is 6.92 Å². The molecule has 2 atom stereocenters. The Balaban J connectivity index is 3.86. The Morgan fingerprint density at radius 2 is 1.41 bits per heavy atom. The Labute approximate surface area is 126 Å². The first-order chi connectivity index (χ1) is 7.93. The molecule has 0 aliphatic heterocycles. The molecule has 0 nitrogen and oxygen atoms in total. The van der Waals surface area contributed by atoms with Crippen LogP contribution in [0.3, 0.4) is 0 Å². The predicted octanol–water partition coefficient (Wildman–Crippen LogP) is 6.74. The quantitative estimate of drug-likeness (QED) is 0.326. The molecule has 0 aromatic carbocycles. The molecule has 0 aromatic heterocycles. The molecule has 0 saturated carbocycles. The Morgan fingerprint density at radius 1 is 0.882 bits per heavy atom. The maximum atomic E-state index is 6.23. The van der Waals surface area contributed by atoms with Crippen molar-refractivity contribution in [3.8, 4) is 0 Å². The molecule has 104 valence electrons. The Hall–Kier alpha value is 1.16. The van der Waals surface area contributed by atoms with Gasteiger partial charge >= 0.3 is 0 Å². The van der Waals surface area contributed by atoms with Gasteiger partial charge in [-0.1, -0.05) is 87.2 Å². The van der Waals surface area contributed by atoms with E-state index in [1.165, 1.54) is 32.1 Å². The van der Waals surface area contributed by atoms with E-state index in [1.807, 2.05) is 6.92 Å². The van der Waals surface area contributed by atoms with Gasteiger partial charge in [0.1, 0.15) is 0 Å². The number of unbranched alkanes of at least 4 members (excludes halogenated alkanes) is 5. The lowest BCUT2D eigenvalue weighted by Crippen LogP contribution is -2.28. The molecule has 0 N–H and O–H groups in total. The van der Waals surface area contributed by atoms with Crippen LogP contribution in [0.15, 0.2) is 0 Å². The third-order valence-electron chi connectivity index (χ3n) is 3.12. The lowest BCUT2D eigenvalue weighted by Gasteiger charge is -2.28. The van der Waals surface area contributed by atoms with Crippen LogP contribution >= 0.6 is 46.4 Å². The highest BCUT2D eigenvalue weighted by Crippen LogP contribution is 2.42. The average molecular weight is 322 g/mol. The number of halogens is 4. The molecule has 4 heteroatoms. The second kappa shape index (κ2) is 10.0. The van der Waals surface area contributed by atoms with Crippen molar-refractivity contribution in [1.29, 1.82) is 0 Å². The fraction of sp³-hybridized carbons (Fsp3) is 1.00. The molecule has 0 aliphatic rings. The van der Waals surface area contributed by atoms with E-state index in [9.17, 15) is 0 Å². The van der Waals surface area contributed by atoms with E-state index in [4.69, 9.17) is 46.4 Å². The first kappa shape index (κ1) is 18.2. The Kier molecular flexibility index (Phi) is 10.7. The minimum Gasteiger partial charge on any atom is -0.123 e. The van der Waals surface area contributed by atoms with E-state index in [0.717, 1.165) is 19.3 Å². The monoisotopic (exact) mass is 320 g/mol. The van der Waals surface area contributed by atoms with Gasteiger partial charge in [-0.05, 0) is 12.8 Å². The lowest BCUT2D eigenvalue weighted by molar-refractivity contribution is 0.431. The van der Waals surface area contributed by atoms with Crippen molar-refractivity contribution in [1.82, 2.24) is 0 Å². The smallest absolute Gasteiger partial charge is 0.123 e. The molecule has 0 spiro atoms. The summed E-state index contributed by atoms with van der Waals surface area (Å²) in [5.41, 5.74) is 0. The summed E-state index contributed by atoms with van der Waals surface area (Å²) in [7, 11) is 0. The topological polar surface area (TPSA) is 0 Å². The molecule has 0 bridgehead atoms. The molecule has 2 unspecified atom stereocenters. The lowest BCUT2D eigenvalue weighted by atomic mass is 9.97. The fourth-order valence-electron chi connectivity index (χ4n) is 1.98. The highest BCUT2D eigenvalue weighted by molar-refractivity contribution is 6.67. The van der Waals surface area contributed by atoms with Crippen molar-refractivity contribution >= 4 is 46.4 Å². The SMILES string of the molecule is CCCCCCCCC(C(Cl)CC)C(Cl)(Cl)Cl. The third kappa shape index (κ3) is 8.81. The molecule has 0 saturated heterocycles. The van der Waals surface area contributed by atoms with Gasteiger partial charge in [-0.15, -0.1) is 11.6 Å². The van der Waals surface area contributed by atoms with Crippen molar-refractivity contribution in [3.63, 3.8) is 0 Å². The molecule has 0 fully saturated rings. The molecule has 0 aromatic rings. The molecule has 0 rings (SSSR count). The van der Waals surface area contributed by atoms with Crippen LogP contribution in [0.2, 0.25) is 0 Å². The van der Waals surface area contributed by atoms with Gasteiger partial charge in [0, 0.05) is 11.3 Å².